The number of hydrogen-bond acceptors (Lipinski definition) is 3. The molecule has 0 aromatic carbocycles. The number of nitrogens with zero attached hydrogens (tertiary/aromatic N) is 2. The van der Waals surface area contributed by atoms with Crippen LogP contribution in [0.1, 0.15) is 59.8 Å². The fraction of sp³-hybridized carbons (Fsp3) is 0.882. The fourth-order valence-corrected chi connectivity index (χ4v) is 3.33. The van der Waals surface area contributed by atoms with Gasteiger partial charge < -0.3 is 14.5 Å². The summed E-state index contributed by atoms with van der Waals surface area (Å²) in [4.78, 5) is 28.7. The molecule has 0 N–H and O–H groups in total. The SMILES string of the molecule is CC1CCCCN1C(=O)C1CCCN(C(=O)OC(C)(C)C)C1. The van der Waals surface area contributed by atoms with Crippen molar-refractivity contribution in [1.82, 2.24) is 9.80 Å². The molecule has 22 heavy (non-hydrogen) atoms. The van der Waals surface area contributed by atoms with Crippen LogP contribution in [0.3, 0.4) is 0 Å². The Morgan fingerprint density at radius 2 is 1.77 bits per heavy atom. The lowest BCUT2D eigenvalue weighted by Gasteiger charge is -2.39. The first-order chi connectivity index (χ1) is 10.3. The average molecular weight is 310 g/mol. The van der Waals surface area contributed by atoms with Crippen LogP contribution in [0.5, 0.6) is 0 Å². The summed E-state index contributed by atoms with van der Waals surface area (Å²) in [5, 5.41) is 0. The van der Waals surface area contributed by atoms with Gasteiger partial charge >= 0.3 is 6.09 Å². The predicted octanol–water partition coefficient (Wildman–Crippen LogP) is 3.03. The highest BCUT2D eigenvalue weighted by Crippen LogP contribution is 2.25. The minimum atomic E-state index is -0.491. The van der Waals surface area contributed by atoms with Crippen molar-refractivity contribution in [1.29, 1.82) is 0 Å². The molecule has 2 saturated heterocycles. The van der Waals surface area contributed by atoms with Gasteiger partial charge in [-0.25, -0.2) is 4.79 Å². The molecule has 2 rings (SSSR count). The molecule has 0 radical (unpaired) electrons. The molecule has 2 unspecified atom stereocenters. The predicted molar refractivity (Wildman–Crippen MR) is 85.6 cm³/mol. The van der Waals surface area contributed by atoms with Gasteiger partial charge in [0.15, 0.2) is 0 Å². The van der Waals surface area contributed by atoms with Crippen LogP contribution >= 0.6 is 0 Å². The Labute approximate surface area is 134 Å². The van der Waals surface area contributed by atoms with E-state index in [1.807, 2.05) is 25.7 Å². The highest BCUT2D eigenvalue weighted by Gasteiger charge is 2.34. The molecule has 2 aliphatic heterocycles. The first kappa shape index (κ1) is 17.1. The van der Waals surface area contributed by atoms with Gasteiger partial charge in [-0.05, 0) is 59.8 Å². The van der Waals surface area contributed by atoms with Crippen LogP contribution in [0, 0.1) is 5.92 Å². The first-order valence-electron chi connectivity index (χ1n) is 8.56. The van der Waals surface area contributed by atoms with Crippen molar-refractivity contribution < 1.29 is 14.3 Å². The summed E-state index contributed by atoms with van der Waals surface area (Å²) in [5.74, 6) is 0.155. The van der Waals surface area contributed by atoms with Crippen LogP contribution in [-0.4, -0.2) is 53.1 Å². The second kappa shape index (κ2) is 6.88. The maximum atomic E-state index is 12.8. The van der Waals surface area contributed by atoms with E-state index in [9.17, 15) is 9.59 Å². The monoisotopic (exact) mass is 310 g/mol. The van der Waals surface area contributed by atoms with Crippen LogP contribution in [0.2, 0.25) is 0 Å². The third-order valence-corrected chi connectivity index (χ3v) is 4.51. The first-order valence-corrected chi connectivity index (χ1v) is 8.56. The van der Waals surface area contributed by atoms with Gasteiger partial charge in [0.2, 0.25) is 5.91 Å². The van der Waals surface area contributed by atoms with E-state index in [-0.39, 0.29) is 17.9 Å². The van der Waals surface area contributed by atoms with Crippen molar-refractivity contribution in [2.75, 3.05) is 19.6 Å². The Kier molecular flexibility index (Phi) is 5.35. The second-order valence-corrected chi connectivity index (χ2v) is 7.64. The summed E-state index contributed by atoms with van der Waals surface area (Å²) in [5.41, 5.74) is -0.491. The zero-order chi connectivity index (χ0) is 16.3. The number of piperidine rings is 2. The topological polar surface area (TPSA) is 49.9 Å². The zero-order valence-electron chi connectivity index (χ0n) is 14.4. The minimum absolute atomic E-state index is 0.0678. The van der Waals surface area contributed by atoms with Gasteiger partial charge in [-0.1, -0.05) is 0 Å². The van der Waals surface area contributed by atoms with Crippen LogP contribution in [0.15, 0.2) is 0 Å². The molecule has 2 aliphatic rings. The summed E-state index contributed by atoms with van der Waals surface area (Å²) < 4.78 is 5.43. The summed E-state index contributed by atoms with van der Waals surface area (Å²) >= 11 is 0. The molecule has 126 valence electrons. The van der Waals surface area contributed by atoms with Crippen molar-refractivity contribution in [2.24, 2.45) is 5.92 Å². The molecule has 2 heterocycles. The maximum Gasteiger partial charge on any atom is 0.410 e. The molecule has 2 atom stereocenters. The fourth-order valence-electron chi connectivity index (χ4n) is 3.33. The normalized spacial score (nSPS) is 26.7. The Morgan fingerprint density at radius 3 is 2.41 bits per heavy atom. The number of amides is 2. The van der Waals surface area contributed by atoms with Gasteiger partial charge in [-0.3, -0.25) is 4.79 Å². The van der Waals surface area contributed by atoms with E-state index in [1.54, 1.807) is 4.90 Å². The number of ether oxygens (including phenoxy) is 1. The average Bonchev–Trinajstić information content (AvgIpc) is 2.45. The molecule has 5 nitrogen and oxygen atoms in total. The van der Waals surface area contributed by atoms with E-state index in [1.165, 1.54) is 6.42 Å². The molecular weight excluding hydrogens is 280 g/mol. The van der Waals surface area contributed by atoms with Crippen molar-refractivity contribution in [3.05, 3.63) is 0 Å². The van der Waals surface area contributed by atoms with E-state index in [4.69, 9.17) is 4.74 Å². The van der Waals surface area contributed by atoms with Crippen LogP contribution in [-0.2, 0) is 9.53 Å². The van der Waals surface area contributed by atoms with Crippen LogP contribution in [0.4, 0.5) is 4.79 Å². The van der Waals surface area contributed by atoms with Gasteiger partial charge in [0, 0.05) is 25.7 Å². The largest absolute Gasteiger partial charge is 0.444 e. The molecule has 0 bridgehead atoms. The summed E-state index contributed by atoms with van der Waals surface area (Å²) in [6.07, 6.45) is 4.85. The van der Waals surface area contributed by atoms with E-state index in [2.05, 4.69) is 6.92 Å². The number of likely N-dealkylation sites (tertiary alicyclic amines) is 2. The molecule has 0 aromatic rings. The van der Waals surface area contributed by atoms with Crippen molar-refractivity contribution in [2.45, 2.75) is 71.4 Å². The molecule has 0 spiro atoms. The van der Waals surface area contributed by atoms with Gasteiger partial charge in [0.1, 0.15) is 5.60 Å². The van der Waals surface area contributed by atoms with E-state index >= 15 is 0 Å². The van der Waals surface area contributed by atoms with E-state index in [0.717, 1.165) is 32.2 Å². The van der Waals surface area contributed by atoms with Crippen LogP contribution in [0.25, 0.3) is 0 Å². The summed E-state index contributed by atoms with van der Waals surface area (Å²) in [6, 6.07) is 0.332. The van der Waals surface area contributed by atoms with Crippen molar-refractivity contribution >= 4 is 12.0 Å². The zero-order valence-corrected chi connectivity index (χ0v) is 14.4. The van der Waals surface area contributed by atoms with Gasteiger partial charge in [-0.15, -0.1) is 0 Å². The molecule has 0 aliphatic carbocycles. The lowest BCUT2D eigenvalue weighted by atomic mass is 9.94. The van der Waals surface area contributed by atoms with E-state index in [0.29, 0.717) is 19.1 Å². The number of carbonyl (C=O) groups excluding carboxylic acids is 2. The lowest BCUT2D eigenvalue weighted by molar-refractivity contribution is -0.140. The Morgan fingerprint density at radius 1 is 1.05 bits per heavy atom. The standard InChI is InChI=1S/C17H30N2O3/c1-13-8-5-6-11-19(13)15(20)14-9-7-10-18(12-14)16(21)22-17(2,3)4/h13-14H,5-12H2,1-4H3. The highest BCUT2D eigenvalue weighted by atomic mass is 16.6. The Hall–Kier alpha value is -1.26. The van der Waals surface area contributed by atoms with Gasteiger partial charge in [0.25, 0.3) is 0 Å². The Bertz CT molecular complexity index is 417. The van der Waals surface area contributed by atoms with E-state index < -0.39 is 5.60 Å². The maximum absolute atomic E-state index is 12.8. The second-order valence-electron chi connectivity index (χ2n) is 7.64. The van der Waals surface area contributed by atoms with Crippen molar-refractivity contribution in [3.8, 4) is 0 Å². The number of rotatable bonds is 1. The number of carbonyl (C=O) groups is 2. The van der Waals surface area contributed by atoms with Gasteiger partial charge in [-0.2, -0.15) is 0 Å². The minimum Gasteiger partial charge on any atom is -0.444 e. The third kappa shape index (κ3) is 4.37. The highest BCUT2D eigenvalue weighted by molar-refractivity contribution is 5.80. The van der Waals surface area contributed by atoms with Crippen molar-refractivity contribution in [3.63, 3.8) is 0 Å². The quantitative estimate of drug-likeness (QED) is 0.748. The Balaban J connectivity index is 1.95. The number of hydrogen-bond donors (Lipinski definition) is 0. The molecule has 5 heteroatoms. The smallest absolute Gasteiger partial charge is 0.410 e. The molecular formula is C17H30N2O3. The molecule has 2 amide bonds. The molecule has 0 aromatic heterocycles. The van der Waals surface area contributed by atoms with Crippen LogP contribution < -0.4 is 0 Å². The summed E-state index contributed by atoms with van der Waals surface area (Å²) in [7, 11) is 0. The van der Waals surface area contributed by atoms with Gasteiger partial charge in [0.05, 0.1) is 5.92 Å². The molecule has 2 fully saturated rings. The summed E-state index contributed by atoms with van der Waals surface area (Å²) in [6.45, 7) is 9.78. The third-order valence-electron chi connectivity index (χ3n) is 4.51. The molecule has 0 saturated carbocycles. The lowest BCUT2D eigenvalue weighted by Crippen LogP contribution is -2.51.